The Kier molecular flexibility index (Phi) is 4.86. The number of hydrogen-bond acceptors (Lipinski definition) is 5. The SMILES string of the molecule is O=C(CNC(=O)c1ccco1)Nc1cccc(S(=O)(=O)NC2CC2)c1. The molecule has 1 saturated carbocycles. The third kappa shape index (κ3) is 4.68. The lowest BCUT2D eigenvalue weighted by atomic mass is 10.3. The van der Waals surface area contributed by atoms with Crippen LogP contribution in [0.2, 0.25) is 0 Å². The summed E-state index contributed by atoms with van der Waals surface area (Å²) in [5, 5.41) is 4.96. The normalized spacial score (nSPS) is 14.1. The van der Waals surface area contributed by atoms with Gasteiger partial charge in [0.15, 0.2) is 5.76 Å². The second-order valence-electron chi connectivity index (χ2n) is 5.63. The van der Waals surface area contributed by atoms with Crippen molar-refractivity contribution in [2.45, 2.75) is 23.8 Å². The van der Waals surface area contributed by atoms with Crippen LogP contribution in [0, 0.1) is 0 Å². The molecule has 0 atom stereocenters. The molecular weight excluding hydrogens is 346 g/mol. The van der Waals surface area contributed by atoms with Gasteiger partial charge in [-0.2, -0.15) is 0 Å². The van der Waals surface area contributed by atoms with Gasteiger partial charge in [0, 0.05) is 11.7 Å². The Labute approximate surface area is 144 Å². The molecule has 2 aromatic rings. The zero-order chi connectivity index (χ0) is 17.9. The summed E-state index contributed by atoms with van der Waals surface area (Å²) in [4.78, 5) is 23.7. The second-order valence-corrected chi connectivity index (χ2v) is 7.35. The summed E-state index contributed by atoms with van der Waals surface area (Å²) in [5.41, 5.74) is 0.330. The van der Waals surface area contributed by atoms with Gasteiger partial charge in [-0.15, -0.1) is 0 Å². The first-order valence-electron chi connectivity index (χ1n) is 7.68. The minimum Gasteiger partial charge on any atom is -0.459 e. The molecule has 1 heterocycles. The third-order valence-electron chi connectivity index (χ3n) is 3.48. The number of rotatable bonds is 7. The number of furan rings is 1. The molecule has 1 aliphatic rings. The van der Waals surface area contributed by atoms with E-state index in [1.807, 2.05) is 0 Å². The molecule has 0 bridgehead atoms. The van der Waals surface area contributed by atoms with E-state index in [1.54, 1.807) is 18.2 Å². The highest BCUT2D eigenvalue weighted by Crippen LogP contribution is 2.23. The van der Waals surface area contributed by atoms with Gasteiger partial charge in [0.25, 0.3) is 5.91 Å². The Morgan fingerprint density at radius 3 is 2.64 bits per heavy atom. The smallest absolute Gasteiger partial charge is 0.287 e. The summed E-state index contributed by atoms with van der Waals surface area (Å²) in [7, 11) is -3.59. The van der Waals surface area contributed by atoms with Crippen molar-refractivity contribution in [2.75, 3.05) is 11.9 Å². The van der Waals surface area contributed by atoms with Crippen LogP contribution in [-0.2, 0) is 14.8 Å². The van der Waals surface area contributed by atoms with Crippen molar-refractivity contribution in [1.82, 2.24) is 10.0 Å². The van der Waals surface area contributed by atoms with Crippen LogP contribution in [0.1, 0.15) is 23.4 Å². The van der Waals surface area contributed by atoms with Crippen LogP contribution in [0.3, 0.4) is 0 Å². The number of carbonyl (C=O) groups is 2. The van der Waals surface area contributed by atoms with E-state index in [9.17, 15) is 18.0 Å². The Hall–Kier alpha value is -2.65. The van der Waals surface area contributed by atoms with Crippen molar-refractivity contribution >= 4 is 27.5 Å². The lowest BCUT2D eigenvalue weighted by molar-refractivity contribution is -0.115. The Bertz CT molecular complexity index is 873. The zero-order valence-corrected chi connectivity index (χ0v) is 14.0. The van der Waals surface area contributed by atoms with Crippen LogP contribution >= 0.6 is 0 Å². The molecular formula is C16H17N3O5S. The van der Waals surface area contributed by atoms with Gasteiger partial charge in [0.2, 0.25) is 15.9 Å². The van der Waals surface area contributed by atoms with Crippen LogP contribution in [0.4, 0.5) is 5.69 Å². The number of carbonyl (C=O) groups excluding carboxylic acids is 2. The Morgan fingerprint density at radius 1 is 1.16 bits per heavy atom. The molecule has 25 heavy (non-hydrogen) atoms. The predicted octanol–water partition coefficient (Wildman–Crippen LogP) is 1.09. The standard InChI is InChI=1S/C16H17N3O5S/c20-15(10-17-16(21)14-5-2-8-24-14)18-12-3-1-4-13(9-12)25(22,23)19-11-6-7-11/h1-5,8-9,11,19H,6-7,10H2,(H,17,21)(H,18,20). The summed E-state index contributed by atoms with van der Waals surface area (Å²) < 4.78 is 31.8. The molecule has 9 heteroatoms. The minimum atomic E-state index is -3.59. The van der Waals surface area contributed by atoms with Crippen molar-refractivity contribution in [3.63, 3.8) is 0 Å². The topological polar surface area (TPSA) is 118 Å². The van der Waals surface area contributed by atoms with Crippen molar-refractivity contribution in [1.29, 1.82) is 0 Å². The molecule has 1 aromatic heterocycles. The number of hydrogen-bond donors (Lipinski definition) is 3. The highest BCUT2D eigenvalue weighted by molar-refractivity contribution is 7.89. The highest BCUT2D eigenvalue weighted by Gasteiger charge is 2.28. The van der Waals surface area contributed by atoms with E-state index >= 15 is 0 Å². The lowest BCUT2D eigenvalue weighted by Gasteiger charge is -2.09. The summed E-state index contributed by atoms with van der Waals surface area (Å²) in [6.07, 6.45) is 3.03. The van der Waals surface area contributed by atoms with Gasteiger partial charge in [-0.05, 0) is 43.2 Å². The summed E-state index contributed by atoms with van der Waals surface area (Å²) in [6, 6.07) is 8.99. The Morgan fingerprint density at radius 2 is 1.96 bits per heavy atom. The number of benzene rings is 1. The summed E-state index contributed by atoms with van der Waals surface area (Å²) >= 11 is 0. The monoisotopic (exact) mass is 363 g/mol. The van der Waals surface area contributed by atoms with E-state index in [1.165, 1.54) is 24.5 Å². The van der Waals surface area contributed by atoms with Crippen molar-refractivity contribution in [2.24, 2.45) is 0 Å². The van der Waals surface area contributed by atoms with Gasteiger partial charge < -0.3 is 15.1 Å². The molecule has 0 saturated heterocycles. The number of anilines is 1. The maximum atomic E-state index is 12.2. The van der Waals surface area contributed by atoms with Crippen LogP contribution in [0.15, 0.2) is 52.0 Å². The van der Waals surface area contributed by atoms with Gasteiger partial charge in [0.1, 0.15) is 0 Å². The molecule has 0 aliphatic heterocycles. The molecule has 0 radical (unpaired) electrons. The Balaban J connectivity index is 1.58. The number of amides is 2. The van der Waals surface area contributed by atoms with Crippen LogP contribution in [0.5, 0.6) is 0 Å². The first kappa shape index (κ1) is 17.2. The van der Waals surface area contributed by atoms with Gasteiger partial charge in [-0.1, -0.05) is 6.07 Å². The minimum absolute atomic E-state index is 0.0000559. The van der Waals surface area contributed by atoms with Gasteiger partial charge >= 0.3 is 0 Å². The summed E-state index contributed by atoms with van der Waals surface area (Å²) in [6.45, 7) is -0.267. The van der Waals surface area contributed by atoms with Crippen LogP contribution in [-0.4, -0.2) is 32.8 Å². The molecule has 1 fully saturated rings. The van der Waals surface area contributed by atoms with Crippen molar-refractivity contribution < 1.29 is 22.4 Å². The number of nitrogens with one attached hydrogen (secondary N) is 3. The fourth-order valence-corrected chi connectivity index (χ4v) is 3.44. The van der Waals surface area contributed by atoms with Gasteiger partial charge in [-0.3, -0.25) is 9.59 Å². The molecule has 3 rings (SSSR count). The van der Waals surface area contributed by atoms with Gasteiger partial charge in [0.05, 0.1) is 17.7 Å². The van der Waals surface area contributed by atoms with E-state index in [4.69, 9.17) is 4.42 Å². The molecule has 8 nitrogen and oxygen atoms in total. The molecule has 0 spiro atoms. The quantitative estimate of drug-likeness (QED) is 0.681. The first-order chi connectivity index (χ1) is 11.9. The van der Waals surface area contributed by atoms with Crippen molar-refractivity contribution in [3.05, 3.63) is 48.4 Å². The van der Waals surface area contributed by atoms with E-state index in [0.29, 0.717) is 5.69 Å². The second kappa shape index (κ2) is 7.08. The van der Waals surface area contributed by atoms with E-state index < -0.39 is 21.8 Å². The lowest BCUT2D eigenvalue weighted by Crippen LogP contribution is -2.32. The molecule has 3 N–H and O–H groups in total. The van der Waals surface area contributed by atoms with E-state index in [2.05, 4.69) is 15.4 Å². The fourth-order valence-electron chi connectivity index (χ4n) is 2.09. The molecule has 2 amide bonds. The maximum absolute atomic E-state index is 12.2. The van der Waals surface area contributed by atoms with E-state index in [-0.39, 0.29) is 23.2 Å². The number of sulfonamides is 1. The first-order valence-corrected chi connectivity index (χ1v) is 9.16. The average molecular weight is 363 g/mol. The van der Waals surface area contributed by atoms with Crippen molar-refractivity contribution in [3.8, 4) is 0 Å². The molecule has 1 aromatic carbocycles. The maximum Gasteiger partial charge on any atom is 0.287 e. The highest BCUT2D eigenvalue weighted by atomic mass is 32.2. The molecule has 1 aliphatic carbocycles. The fraction of sp³-hybridized carbons (Fsp3) is 0.250. The molecule has 0 unspecified atom stereocenters. The zero-order valence-electron chi connectivity index (χ0n) is 13.2. The summed E-state index contributed by atoms with van der Waals surface area (Å²) in [5.74, 6) is -0.887. The average Bonchev–Trinajstić information content (AvgIpc) is 3.21. The van der Waals surface area contributed by atoms with Gasteiger partial charge in [-0.25, -0.2) is 13.1 Å². The van der Waals surface area contributed by atoms with Crippen LogP contribution < -0.4 is 15.4 Å². The molecule has 132 valence electrons. The third-order valence-corrected chi connectivity index (χ3v) is 5.00. The predicted molar refractivity (Wildman–Crippen MR) is 89.5 cm³/mol. The largest absolute Gasteiger partial charge is 0.459 e. The van der Waals surface area contributed by atoms with Crippen LogP contribution in [0.25, 0.3) is 0 Å². The van der Waals surface area contributed by atoms with E-state index in [0.717, 1.165) is 12.8 Å².